The molecule has 0 spiro atoms. The van der Waals surface area contributed by atoms with Crippen molar-refractivity contribution >= 4 is 75.2 Å². The predicted octanol–water partition coefficient (Wildman–Crippen LogP) is 5.70. The van der Waals surface area contributed by atoms with Crippen LogP contribution in [0.4, 0.5) is 0 Å². The lowest BCUT2D eigenvalue weighted by Gasteiger charge is -2.14. The summed E-state index contributed by atoms with van der Waals surface area (Å²) in [6, 6.07) is 11.2. The first-order valence-electron chi connectivity index (χ1n) is 7.23. The van der Waals surface area contributed by atoms with Gasteiger partial charge in [-0.2, -0.15) is 0 Å². The molecular formula is C17H14Cl3IN2O2. The minimum Gasteiger partial charge on any atom is -0.481 e. The number of imidazole rings is 1. The van der Waals surface area contributed by atoms with E-state index in [2.05, 4.69) is 32.6 Å². The van der Waals surface area contributed by atoms with Gasteiger partial charge in [-0.05, 0) is 58.5 Å². The first-order chi connectivity index (χ1) is 11.4. The zero-order valence-corrected chi connectivity index (χ0v) is 17.3. The normalized spacial score (nSPS) is 12.0. The molecule has 0 aliphatic carbocycles. The molecule has 0 radical (unpaired) electrons. The van der Waals surface area contributed by atoms with Crippen molar-refractivity contribution in [3.05, 3.63) is 61.4 Å². The summed E-state index contributed by atoms with van der Waals surface area (Å²) in [5, 5.41) is 10.1. The zero-order chi connectivity index (χ0) is 17.3. The summed E-state index contributed by atoms with van der Waals surface area (Å²) >= 11 is 14.3. The summed E-state index contributed by atoms with van der Waals surface area (Å²) in [5.74, 6) is -0.349. The van der Waals surface area contributed by atoms with E-state index in [0.717, 1.165) is 26.0 Å². The first kappa shape index (κ1) is 20.3. The molecule has 0 fully saturated rings. The maximum Gasteiger partial charge on any atom is 0.303 e. The number of aromatic amines is 1. The van der Waals surface area contributed by atoms with E-state index >= 15 is 0 Å². The number of carboxylic acid groups (broad SMARTS) is 1. The van der Waals surface area contributed by atoms with Crippen molar-refractivity contribution < 1.29 is 9.90 Å². The number of nitrogens with one attached hydrogen (secondary N) is 1. The van der Waals surface area contributed by atoms with Crippen molar-refractivity contribution in [3.63, 3.8) is 0 Å². The van der Waals surface area contributed by atoms with Crippen LogP contribution in [-0.2, 0) is 11.2 Å². The molecule has 2 N–H and O–H groups in total. The van der Waals surface area contributed by atoms with Crippen LogP contribution in [0.25, 0.3) is 11.0 Å². The Kier molecular flexibility index (Phi) is 6.96. The van der Waals surface area contributed by atoms with Gasteiger partial charge in [-0.15, -0.1) is 12.4 Å². The molecule has 1 atom stereocenters. The zero-order valence-electron chi connectivity index (χ0n) is 12.8. The van der Waals surface area contributed by atoms with Crippen molar-refractivity contribution in [2.75, 3.05) is 0 Å². The molecule has 1 unspecified atom stereocenters. The quantitative estimate of drug-likeness (QED) is 0.432. The van der Waals surface area contributed by atoms with Crippen LogP contribution in [0.2, 0.25) is 10.0 Å². The number of hydrogen-bond donors (Lipinski definition) is 2. The summed E-state index contributed by atoms with van der Waals surface area (Å²) in [7, 11) is 0. The largest absolute Gasteiger partial charge is 0.481 e. The average Bonchev–Trinajstić information content (AvgIpc) is 2.90. The average molecular weight is 512 g/mol. The van der Waals surface area contributed by atoms with Gasteiger partial charge in [0.05, 0.1) is 27.5 Å². The fourth-order valence-corrected chi connectivity index (χ4v) is 3.45. The highest BCUT2D eigenvalue weighted by molar-refractivity contribution is 14.1. The summed E-state index contributed by atoms with van der Waals surface area (Å²) in [4.78, 5) is 19.1. The molecule has 3 aromatic rings. The van der Waals surface area contributed by atoms with Gasteiger partial charge >= 0.3 is 5.97 Å². The van der Waals surface area contributed by atoms with Crippen LogP contribution in [0.3, 0.4) is 0 Å². The van der Waals surface area contributed by atoms with Crippen molar-refractivity contribution in [3.8, 4) is 0 Å². The van der Waals surface area contributed by atoms with Crippen LogP contribution in [0.15, 0.2) is 36.4 Å². The predicted molar refractivity (Wildman–Crippen MR) is 111 cm³/mol. The van der Waals surface area contributed by atoms with E-state index < -0.39 is 5.97 Å². The Morgan fingerprint density at radius 2 is 1.96 bits per heavy atom. The summed E-state index contributed by atoms with van der Waals surface area (Å²) < 4.78 is 1.11. The number of rotatable bonds is 5. The van der Waals surface area contributed by atoms with E-state index in [-0.39, 0.29) is 24.7 Å². The monoisotopic (exact) mass is 510 g/mol. The minimum absolute atomic E-state index is 0. The molecule has 8 heteroatoms. The molecule has 0 saturated heterocycles. The second kappa shape index (κ2) is 8.58. The molecule has 132 valence electrons. The van der Waals surface area contributed by atoms with Crippen LogP contribution in [0.5, 0.6) is 0 Å². The van der Waals surface area contributed by atoms with Crippen LogP contribution in [0, 0.1) is 3.57 Å². The highest BCUT2D eigenvalue weighted by Gasteiger charge is 2.19. The Balaban J connectivity index is 0.00000225. The van der Waals surface area contributed by atoms with Crippen LogP contribution < -0.4 is 0 Å². The number of aromatic nitrogens is 2. The Morgan fingerprint density at radius 1 is 1.20 bits per heavy atom. The lowest BCUT2D eigenvalue weighted by Crippen LogP contribution is -2.10. The molecule has 3 rings (SSSR count). The van der Waals surface area contributed by atoms with E-state index in [1.165, 1.54) is 0 Å². The Hall–Kier alpha value is -1.02. The standard InChI is InChI=1S/C17H13Cl2IN2O2.ClH/c18-12-3-1-9(5-13(12)19)10(7-17(23)24)6-16-21-14-4-2-11(20)8-15(14)22-16;/h1-5,8,10H,6-7H2,(H,21,22)(H,23,24);1H. The van der Waals surface area contributed by atoms with Crippen LogP contribution >= 0.6 is 58.2 Å². The van der Waals surface area contributed by atoms with Gasteiger partial charge in [0.2, 0.25) is 0 Å². The van der Waals surface area contributed by atoms with E-state index in [9.17, 15) is 9.90 Å². The summed E-state index contributed by atoms with van der Waals surface area (Å²) in [6.45, 7) is 0. The molecule has 2 aromatic carbocycles. The third-order valence-corrected chi connectivity index (χ3v) is 5.18. The van der Waals surface area contributed by atoms with Gasteiger partial charge in [-0.3, -0.25) is 4.79 Å². The summed E-state index contributed by atoms with van der Waals surface area (Å²) in [5.41, 5.74) is 2.65. The van der Waals surface area contributed by atoms with Gasteiger partial charge in [0.25, 0.3) is 0 Å². The third kappa shape index (κ3) is 5.00. The number of nitrogens with zero attached hydrogens (tertiary/aromatic N) is 1. The Labute approximate surface area is 174 Å². The molecule has 0 aliphatic heterocycles. The van der Waals surface area contributed by atoms with Crippen molar-refractivity contribution in [2.24, 2.45) is 0 Å². The second-order valence-electron chi connectivity index (χ2n) is 5.52. The maximum absolute atomic E-state index is 11.3. The number of aliphatic carboxylic acids is 1. The molecule has 0 aliphatic rings. The van der Waals surface area contributed by atoms with Gasteiger partial charge in [-0.25, -0.2) is 4.98 Å². The van der Waals surface area contributed by atoms with E-state index in [0.29, 0.717) is 16.5 Å². The number of carboxylic acids is 1. The molecule has 4 nitrogen and oxygen atoms in total. The molecular weight excluding hydrogens is 497 g/mol. The molecule has 1 aromatic heterocycles. The van der Waals surface area contributed by atoms with Crippen molar-refractivity contribution in [1.82, 2.24) is 9.97 Å². The van der Waals surface area contributed by atoms with E-state index in [1.807, 2.05) is 24.3 Å². The van der Waals surface area contributed by atoms with Crippen LogP contribution in [-0.4, -0.2) is 21.0 Å². The first-order valence-corrected chi connectivity index (χ1v) is 9.06. The highest BCUT2D eigenvalue weighted by Crippen LogP contribution is 2.30. The summed E-state index contributed by atoms with van der Waals surface area (Å²) in [6.07, 6.45) is 0.474. The smallest absolute Gasteiger partial charge is 0.303 e. The van der Waals surface area contributed by atoms with Gasteiger partial charge in [0, 0.05) is 15.9 Å². The molecule has 0 amide bonds. The van der Waals surface area contributed by atoms with E-state index in [1.54, 1.807) is 12.1 Å². The number of H-pyrrole nitrogens is 1. The van der Waals surface area contributed by atoms with Gasteiger partial charge in [0.1, 0.15) is 5.82 Å². The topological polar surface area (TPSA) is 66.0 Å². The highest BCUT2D eigenvalue weighted by atomic mass is 127. The van der Waals surface area contributed by atoms with Gasteiger partial charge in [0.15, 0.2) is 0 Å². The van der Waals surface area contributed by atoms with Gasteiger partial charge < -0.3 is 10.1 Å². The SMILES string of the molecule is Cl.O=C(O)CC(Cc1nc2ccc(I)cc2[nH]1)c1ccc(Cl)c(Cl)c1. The lowest BCUT2D eigenvalue weighted by molar-refractivity contribution is -0.137. The van der Waals surface area contributed by atoms with Crippen molar-refractivity contribution in [1.29, 1.82) is 0 Å². The number of halogens is 4. The Morgan fingerprint density at radius 3 is 2.64 bits per heavy atom. The lowest BCUT2D eigenvalue weighted by atomic mass is 9.92. The van der Waals surface area contributed by atoms with Crippen LogP contribution in [0.1, 0.15) is 23.7 Å². The number of hydrogen-bond acceptors (Lipinski definition) is 2. The molecule has 1 heterocycles. The van der Waals surface area contributed by atoms with E-state index in [4.69, 9.17) is 23.2 Å². The minimum atomic E-state index is -0.864. The third-order valence-electron chi connectivity index (χ3n) is 3.77. The van der Waals surface area contributed by atoms with Gasteiger partial charge in [-0.1, -0.05) is 29.3 Å². The number of carbonyl (C=O) groups is 1. The number of fused-ring (bicyclic) bond motifs is 1. The molecule has 25 heavy (non-hydrogen) atoms. The van der Waals surface area contributed by atoms with Crippen molar-refractivity contribution in [2.45, 2.75) is 18.8 Å². The Bertz CT molecular complexity index is 914. The fourth-order valence-electron chi connectivity index (χ4n) is 2.65. The number of benzene rings is 2. The molecule has 0 saturated carbocycles. The maximum atomic E-state index is 11.3. The molecule has 0 bridgehead atoms. The fraction of sp³-hybridized carbons (Fsp3) is 0.176. The second-order valence-corrected chi connectivity index (χ2v) is 7.58.